The summed E-state index contributed by atoms with van der Waals surface area (Å²) in [6, 6.07) is 0. The highest BCUT2D eigenvalue weighted by atomic mass is 16.5. The van der Waals surface area contributed by atoms with Gasteiger partial charge in [-0.3, -0.25) is 9.59 Å². The topological polar surface area (TPSA) is 52.6 Å². The van der Waals surface area contributed by atoms with Crippen LogP contribution < -0.4 is 0 Å². The molecule has 1 aliphatic carbocycles. The van der Waals surface area contributed by atoms with Gasteiger partial charge in [0.25, 0.3) is 0 Å². The van der Waals surface area contributed by atoms with Crippen molar-refractivity contribution in [1.29, 1.82) is 0 Å². The number of esters is 1. The average molecular weight is 210 g/mol. The molecule has 0 aromatic rings. The third-order valence-electron chi connectivity index (χ3n) is 1.92. The zero-order valence-electron chi connectivity index (χ0n) is 8.91. The lowest BCUT2D eigenvalue weighted by Crippen LogP contribution is -2.00. The van der Waals surface area contributed by atoms with E-state index < -0.39 is 0 Å². The largest absolute Gasteiger partial charge is 0.498 e. The molecule has 0 atom stereocenters. The van der Waals surface area contributed by atoms with Crippen molar-refractivity contribution >= 4 is 11.8 Å². The maximum absolute atomic E-state index is 11.4. The number of ether oxygens (including phenoxy) is 2. The van der Waals surface area contributed by atoms with E-state index in [1.807, 2.05) is 6.92 Å². The lowest BCUT2D eigenvalue weighted by Gasteiger charge is -2.01. The Morgan fingerprint density at radius 1 is 1.60 bits per heavy atom. The van der Waals surface area contributed by atoms with Crippen LogP contribution in [0.3, 0.4) is 0 Å². The van der Waals surface area contributed by atoms with Gasteiger partial charge in [0.05, 0.1) is 6.61 Å². The van der Waals surface area contributed by atoms with Gasteiger partial charge in [-0.2, -0.15) is 0 Å². The van der Waals surface area contributed by atoms with Crippen LogP contribution in [0.15, 0.2) is 23.5 Å². The van der Waals surface area contributed by atoms with Crippen molar-refractivity contribution in [1.82, 2.24) is 0 Å². The van der Waals surface area contributed by atoms with E-state index in [0.29, 0.717) is 24.4 Å². The van der Waals surface area contributed by atoms with Gasteiger partial charge in [-0.1, -0.05) is 0 Å². The van der Waals surface area contributed by atoms with Crippen LogP contribution in [0.4, 0.5) is 0 Å². The van der Waals surface area contributed by atoms with Crippen LogP contribution in [0.2, 0.25) is 0 Å². The van der Waals surface area contributed by atoms with Gasteiger partial charge in [0.1, 0.15) is 12.4 Å². The van der Waals surface area contributed by atoms with Crippen LogP contribution in [0.25, 0.3) is 0 Å². The number of allylic oxidation sites excluding steroid dienone is 2. The second-order valence-corrected chi connectivity index (χ2v) is 3.12. The first-order valence-corrected chi connectivity index (χ1v) is 4.83. The van der Waals surface area contributed by atoms with Crippen molar-refractivity contribution in [3.05, 3.63) is 23.5 Å². The minimum atomic E-state index is -0.352. The molecule has 0 aromatic heterocycles. The summed E-state index contributed by atoms with van der Waals surface area (Å²) < 4.78 is 9.94. The summed E-state index contributed by atoms with van der Waals surface area (Å²) >= 11 is 0. The highest BCUT2D eigenvalue weighted by Gasteiger charge is 2.18. The molecular formula is C11H14O4. The summed E-state index contributed by atoms with van der Waals surface area (Å²) in [5, 5.41) is 0. The predicted molar refractivity (Wildman–Crippen MR) is 54.0 cm³/mol. The fourth-order valence-electron chi connectivity index (χ4n) is 1.28. The monoisotopic (exact) mass is 210 g/mol. The number of ketones is 1. The van der Waals surface area contributed by atoms with Crippen LogP contribution in [0.5, 0.6) is 0 Å². The summed E-state index contributed by atoms with van der Waals surface area (Å²) in [5.74, 6) is 0.262. The lowest BCUT2D eigenvalue weighted by atomic mass is 10.2. The van der Waals surface area contributed by atoms with E-state index in [1.165, 1.54) is 13.0 Å². The molecule has 82 valence electrons. The molecule has 15 heavy (non-hydrogen) atoms. The van der Waals surface area contributed by atoms with Crippen molar-refractivity contribution in [2.45, 2.75) is 20.3 Å². The van der Waals surface area contributed by atoms with E-state index in [4.69, 9.17) is 9.47 Å². The molecular weight excluding hydrogens is 196 g/mol. The van der Waals surface area contributed by atoms with Gasteiger partial charge in [0.15, 0.2) is 5.78 Å². The molecule has 0 heterocycles. The standard InChI is InChI=1S/C11H14O4/c1-3-14-10-6-9(11(13)7-10)4-5-15-8(2)12/h4,7H,3,5-6H2,1-2H3/b9-4-. The normalized spacial score (nSPS) is 17.9. The number of carbonyl (C=O) groups is 2. The molecule has 0 bridgehead atoms. The van der Waals surface area contributed by atoms with Crippen LogP contribution in [-0.2, 0) is 19.1 Å². The van der Waals surface area contributed by atoms with E-state index in [0.717, 1.165) is 0 Å². The van der Waals surface area contributed by atoms with Gasteiger partial charge in [-0.15, -0.1) is 0 Å². The molecule has 0 radical (unpaired) electrons. The third-order valence-corrected chi connectivity index (χ3v) is 1.92. The number of rotatable bonds is 4. The van der Waals surface area contributed by atoms with Crippen molar-refractivity contribution in [2.24, 2.45) is 0 Å². The zero-order chi connectivity index (χ0) is 11.3. The van der Waals surface area contributed by atoms with Crippen LogP contribution in [0.1, 0.15) is 20.3 Å². The Balaban J connectivity index is 2.47. The molecule has 0 saturated heterocycles. The summed E-state index contributed by atoms with van der Waals surface area (Å²) in [6.45, 7) is 3.89. The van der Waals surface area contributed by atoms with E-state index in [1.54, 1.807) is 6.08 Å². The molecule has 0 amide bonds. The maximum atomic E-state index is 11.4. The Kier molecular flexibility index (Phi) is 4.09. The van der Waals surface area contributed by atoms with Crippen LogP contribution in [-0.4, -0.2) is 25.0 Å². The van der Waals surface area contributed by atoms with Crippen molar-refractivity contribution in [3.8, 4) is 0 Å². The maximum Gasteiger partial charge on any atom is 0.302 e. The first-order chi connectivity index (χ1) is 7.13. The number of hydrogen-bond acceptors (Lipinski definition) is 4. The third kappa shape index (κ3) is 3.58. The molecule has 0 aromatic carbocycles. The van der Waals surface area contributed by atoms with E-state index >= 15 is 0 Å². The van der Waals surface area contributed by atoms with Gasteiger partial charge < -0.3 is 9.47 Å². The number of hydrogen-bond donors (Lipinski definition) is 0. The van der Waals surface area contributed by atoms with Crippen LogP contribution >= 0.6 is 0 Å². The first kappa shape index (κ1) is 11.5. The predicted octanol–water partition coefficient (Wildman–Crippen LogP) is 1.37. The molecule has 0 N–H and O–H groups in total. The minimum Gasteiger partial charge on any atom is -0.498 e. The Hall–Kier alpha value is -1.58. The first-order valence-electron chi connectivity index (χ1n) is 4.83. The highest BCUT2D eigenvalue weighted by Crippen LogP contribution is 2.21. The van der Waals surface area contributed by atoms with Gasteiger partial charge in [0, 0.05) is 25.0 Å². The molecule has 1 rings (SSSR count). The Labute approximate surface area is 88.6 Å². The van der Waals surface area contributed by atoms with Crippen molar-refractivity contribution in [3.63, 3.8) is 0 Å². The molecule has 4 nitrogen and oxygen atoms in total. The quantitative estimate of drug-likeness (QED) is 0.519. The Morgan fingerprint density at radius 3 is 2.93 bits per heavy atom. The van der Waals surface area contributed by atoms with Crippen molar-refractivity contribution in [2.75, 3.05) is 13.2 Å². The Bertz CT molecular complexity index is 325. The second kappa shape index (κ2) is 5.34. The number of carbonyl (C=O) groups excluding carboxylic acids is 2. The SMILES string of the molecule is CCOC1=CC(=O)/C(=C\COC(C)=O)C1. The second-order valence-electron chi connectivity index (χ2n) is 3.12. The summed E-state index contributed by atoms with van der Waals surface area (Å²) in [6.07, 6.45) is 3.59. The van der Waals surface area contributed by atoms with Gasteiger partial charge in [0.2, 0.25) is 0 Å². The summed E-state index contributed by atoms with van der Waals surface area (Å²) in [7, 11) is 0. The van der Waals surface area contributed by atoms with Gasteiger partial charge in [-0.05, 0) is 13.0 Å². The summed E-state index contributed by atoms with van der Waals surface area (Å²) in [4.78, 5) is 21.9. The van der Waals surface area contributed by atoms with Crippen LogP contribution in [0, 0.1) is 0 Å². The lowest BCUT2D eigenvalue weighted by molar-refractivity contribution is -0.139. The smallest absolute Gasteiger partial charge is 0.302 e. The molecule has 0 fully saturated rings. The summed E-state index contributed by atoms with van der Waals surface area (Å²) in [5.41, 5.74) is 0.625. The fourth-order valence-corrected chi connectivity index (χ4v) is 1.28. The molecule has 0 spiro atoms. The molecule has 0 aliphatic heterocycles. The average Bonchev–Trinajstić information content (AvgIpc) is 2.47. The van der Waals surface area contributed by atoms with E-state index in [2.05, 4.69) is 0 Å². The highest BCUT2D eigenvalue weighted by molar-refractivity contribution is 6.07. The van der Waals surface area contributed by atoms with Gasteiger partial charge in [-0.25, -0.2) is 0 Å². The fraction of sp³-hybridized carbons (Fsp3) is 0.455. The molecule has 1 aliphatic rings. The van der Waals surface area contributed by atoms with Crippen molar-refractivity contribution < 1.29 is 19.1 Å². The van der Waals surface area contributed by atoms with Gasteiger partial charge >= 0.3 is 5.97 Å². The molecule has 0 saturated carbocycles. The van der Waals surface area contributed by atoms with E-state index in [-0.39, 0.29) is 18.4 Å². The minimum absolute atomic E-state index is 0.0643. The molecule has 0 unspecified atom stereocenters. The Morgan fingerprint density at radius 2 is 2.33 bits per heavy atom. The molecule has 4 heteroatoms. The zero-order valence-corrected chi connectivity index (χ0v) is 8.91. The van der Waals surface area contributed by atoms with E-state index in [9.17, 15) is 9.59 Å².